The Morgan fingerprint density at radius 2 is 1.84 bits per heavy atom. The maximum Gasteiger partial charge on any atom is 0.258 e. The largest absolute Gasteiger partial charge is 0.311 e. The first-order valence-corrected chi connectivity index (χ1v) is 6.86. The van der Waals surface area contributed by atoms with E-state index in [1.165, 1.54) is 0 Å². The van der Waals surface area contributed by atoms with E-state index in [4.69, 9.17) is 0 Å². The molecule has 2 aromatic carbocycles. The molecule has 0 radical (unpaired) electrons. The minimum atomic E-state index is 0.0538. The molecule has 0 unspecified atom stereocenters. The average molecular weight is 314 g/mol. The molecule has 0 N–H and O–H groups in total. The Labute approximate surface area is 119 Å². The van der Waals surface area contributed by atoms with E-state index < -0.39 is 0 Å². The van der Waals surface area contributed by atoms with E-state index in [1.807, 2.05) is 60.8 Å². The summed E-state index contributed by atoms with van der Waals surface area (Å²) in [6, 6.07) is 17.7. The normalized spacial score (nSPS) is 10.8. The van der Waals surface area contributed by atoms with E-state index in [0.29, 0.717) is 6.54 Å². The molecular weight excluding hydrogens is 302 g/mol. The van der Waals surface area contributed by atoms with Crippen molar-refractivity contribution in [2.24, 2.45) is 0 Å². The van der Waals surface area contributed by atoms with Crippen molar-refractivity contribution in [1.82, 2.24) is 4.57 Å². The highest BCUT2D eigenvalue weighted by molar-refractivity contribution is 9.10. The molecule has 0 atom stereocenters. The number of benzene rings is 2. The first-order valence-electron chi connectivity index (χ1n) is 6.07. The molecule has 3 aromatic rings. The summed E-state index contributed by atoms with van der Waals surface area (Å²) in [7, 11) is 0. The highest BCUT2D eigenvalue weighted by Gasteiger charge is 2.03. The quantitative estimate of drug-likeness (QED) is 0.705. The molecule has 1 heterocycles. The first kappa shape index (κ1) is 12.2. The van der Waals surface area contributed by atoms with Gasteiger partial charge in [0, 0.05) is 16.1 Å². The fraction of sp³-hybridized carbons (Fsp3) is 0.0625. The van der Waals surface area contributed by atoms with Crippen LogP contribution in [0.15, 0.2) is 70.1 Å². The van der Waals surface area contributed by atoms with Gasteiger partial charge in [0.05, 0.1) is 6.54 Å². The topological polar surface area (TPSA) is 22.0 Å². The van der Waals surface area contributed by atoms with Gasteiger partial charge in [0.25, 0.3) is 5.56 Å². The van der Waals surface area contributed by atoms with Crippen LogP contribution in [-0.2, 0) is 6.54 Å². The second kappa shape index (κ2) is 5.02. The van der Waals surface area contributed by atoms with Gasteiger partial charge < -0.3 is 4.57 Å². The molecule has 3 heteroatoms. The third kappa shape index (κ3) is 2.47. The van der Waals surface area contributed by atoms with Gasteiger partial charge in [0.2, 0.25) is 0 Å². The van der Waals surface area contributed by atoms with Crippen LogP contribution < -0.4 is 5.56 Å². The summed E-state index contributed by atoms with van der Waals surface area (Å²) in [4.78, 5) is 12.4. The highest BCUT2D eigenvalue weighted by atomic mass is 79.9. The first-order chi connectivity index (χ1) is 9.24. The lowest BCUT2D eigenvalue weighted by Crippen LogP contribution is -2.19. The second-order valence-electron chi connectivity index (χ2n) is 4.47. The fourth-order valence-electron chi connectivity index (χ4n) is 2.19. The van der Waals surface area contributed by atoms with Crippen LogP contribution in [-0.4, -0.2) is 4.57 Å². The number of fused-ring (bicyclic) bond motifs is 1. The third-order valence-electron chi connectivity index (χ3n) is 3.13. The third-order valence-corrected chi connectivity index (χ3v) is 3.62. The minimum Gasteiger partial charge on any atom is -0.311 e. The van der Waals surface area contributed by atoms with Crippen LogP contribution in [0, 0.1) is 0 Å². The van der Waals surface area contributed by atoms with Crippen LogP contribution in [0.5, 0.6) is 0 Å². The Morgan fingerprint density at radius 3 is 2.68 bits per heavy atom. The van der Waals surface area contributed by atoms with Crippen molar-refractivity contribution in [3.05, 3.63) is 81.2 Å². The predicted molar refractivity (Wildman–Crippen MR) is 81.5 cm³/mol. The molecule has 0 amide bonds. The lowest BCUT2D eigenvalue weighted by atomic mass is 10.1. The molecule has 0 aliphatic heterocycles. The van der Waals surface area contributed by atoms with Gasteiger partial charge in [-0.05, 0) is 35.2 Å². The van der Waals surface area contributed by atoms with Gasteiger partial charge >= 0.3 is 0 Å². The zero-order valence-corrected chi connectivity index (χ0v) is 11.8. The number of aromatic nitrogens is 1. The molecule has 0 aliphatic rings. The molecular formula is C16H12BrNO. The van der Waals surface area contributed by atoms with E-state index in [-0.39, 0.29) is 5.56 Å². The predicted octanol–water partition coefficient (Wildman–Crippen LogP) is 3.81. The van der Waals surface area contributed by atoms with Gasteiger partial charge in [0.1, 0.15) is 0 Å². The van der Waals surface area contributed by atoms with Gasteiger partial charge in [-0.15, -0.1) is 0 Å². The number of hydrogen-bond acceptors (Lipinski definition) is 1. The van der Waals surface area contributed by atoms with Crippen molar-refractivity contribution in [3.8, 4) is 0 Å². The summed E-state index contributed by atoms with van der Waals surface area (Å²) in [6.45, 7) is 0.586. The second-order valence-corrected chi connectivity index (χ2v) is 5.38. The van der Waals surface area contributed by atoms with E-state index in [2.05, 4.69) is 15.9 Å². The molecule has 19 heavy (non-hydrogen) atoms. The number of nitrogens with zero attached hydrogens (tertiary/aromatic N) is 1. The molecule has 0 saturated carbocycles. The Kier molecular flexibility index (Phi) is 3.22. The minimum absolute atomic E-state index is 0.0538. The lowest BCUT2D eigenvalue weighted by molar-refractivity contribution is 0.768. The lowest BCUT2D eigenvalue weighted by Gasteiger charge is -2.07. The van der Waals surface area contributed by atoms with Crippen LogP contribution in [0.2, 0.25) is 0 Å². The number of hydrogen-bond donors (Lipinski definition) is 0. The molecule has 0 saturated heterocycles. The van der Waals surface area contributed by atoms with Crippen LogP contribution >= 0.6 is 15.9 Å². The van der Waals surface area contributed by atoms with Gasteiger partial charge in [-0.2, -0.15) is 0 Å². The molecule has 0 fully saturated rings. The summed E-state index contributed by atoms with van der Waals surface area (Å²) in [5, 5.41) is 1.75. The molecule has 0 spiro atoms. The number of rotatable bonds is 2. The maximum absolute atomic E-state index is 12.4. The van der Waals surface area contributed by atoms with Crippen LogP contribution in [0.1, 0.15) is 5.56 Å². The van der Waals surface area contributed by atoms with Crippen molar-refractivity contribution in [1.29, 1.82) is 0 Å². The summed E-state index contributed by atoms with van der Waals surface area (Å²) >= 11 is 3.45. The van der Waals surface area contributed by atoms with Crippen LogP contribution in [0.25, 0.3) is 10.8 Å². The molecule has 3 rings (SSSR count). The standard InChI is InChI=1S/C16H12BrNO/c17-14-6-3-4-12(10-14)11-18-9-8-13-5-1-2-7-15(13)16(18)19/h1-10H,11H2. The Hall–Kier alpha value is -1.87. The van der Waals surface area contributed by atoms with Gasteiger partial charge in [-0.3, -0.25) is 4.79 Å². The van der Waals surface area contributed by atoms with Crippen molar-refractivity contribution in [3.63, 3.8) is 0 Å². The fourth-order valence-corrected chi connectivity index (χ4v) is 2.63. The Balaban J connectivity index is 2.06. The van der Waals surface area contributed by atoms with Crippen LogP contribution in [0.3, 0.4) is 0 Å². The smallest absolute Gasteiger partial charge is 0.258 e. The van der Waals surface area contributed by atoms with Gasteiger partial charge in [-0.1, -0.05) is 46.3 Å². The maximum atomic E-state index is 12.4. The summed E-state index contributed by atoms with van der Waals surface area (Å²) in [5.41, 5.74) is 1.16. The molecule has 0 bridgehead atoms. The Morgan fingerprint density at radius 1 is 1.00 bits per heavy atom. The van der Waals surface area contributed by atoms with Gasteiger partial charge in [-0.25, -0.2) is 0 Å². The zero-order chi connectivity index (χ0) is 13.2. The zero-order valence-electron chi connectivity index (χ0n) is 10.2. The Bertz CT molecular complexity index is 792. The van der Waals surface area contributed by atoms with E-state index in [9.17, 15) is 4.79 Å². The summed E-state index contributed by atoms with van der Waals surface area (Å²) in [6.07, 6.45) is 1.85. The summed E-state index contributed by atoms with van der Waals surface area (Å²) < 4.78 is 2.77. The average Bonchev–Trinajstić information content (AvgIpc) is 2.42. The highest BCUT2D eigenvalue weighted by Crippen LogP contribution is 2.13. The number of halogens is 1. The van der Waals surface area contributed by atoms with Crippen molar-refractivity contribution in [2.45, 2.75) is 6.54 Å². The number of pyridine rings is 1. The SMILES string of the molecule is O=c1c2ccccc2ccn1Cc1cccc(Br)c1. The van der Waals surface area contributed by atoms with E-state index >= 15 is 0 Å². The van der Waals surface area contributed by atoms with Crippen molar-refractivity contribution < 1.29 is 0 Å². The van der Waals surface area contributed by atoms with Gasteiger partial charge in [0.15, 0.2) is 0 Å². The van der Waals surface area contributed by atoms with E-state index in [1.54, 1.807) is 4.57 Å². The van der Waals surface area contributed by atoms with Crippen molar-refractivity contribution in [2.75, 3.05) is 0 Å². The van der Waals surface area contributed by atoms with E-state index in [0.717, 1.165) is 20.8 Å². The molecule has 0 aliphatic carbocycles. The summed E-state index contributed by atoms with van der Waals surface area (Å²) in [5.74, 6) is 0. The monoisotopic (exact) mass is 313 g/mol. The van der Waals surface area contributed by atoms with Crippen LogP contribution in [0.4, 0.5) is 0 Å². The molecule has 2 nitrogen and oxygen atoms in total. The molecule has 94 valence electrons. The van der Waals surface area contributed by atoms with Crippen molar-refractivity contribution >= 4 is 26.7 Å². The molecule has 1 aromatic heterocycles.